The van der Waals surface area contributed by atoms with E-state index in [1.54, 1.807) is 6.92 Å². The first kappa shape index (κ1) is 16.0. The topological polar surface area (TPSA) is 38.1 Å². The van der Waals surface area contributed by atoms with Crippen molar-refractivity contribution in [1.29, 1.82) is 0 Å². The molecule has 2 heterocycles. The van der Waals surface area contributed by atoms with E-state index >= 15 is 0 Å². The van der Waals surface area contributed by atoms with Crippen LogP contribution in [0.15, 0.2) is 54.6 Å². The minimum absolute atomic E-state index is 0.0313. The van der Waals surface area contributed by atoms with Gasteiger partial charge >= 0.3 is 0 Å². The van der Waals surface area contributed by atoms with Crippen molar-refractivity contribution in [2.75, 3.05) is 6.54 Å². The molecule has 0 spiro atoms. The van der Waals surface area contributed by atoms with E-state index in [4.69, 9.17) is 0 Å². The molecule has 1 aromatic heterocycles. The van der Waals surface area contributed by atoms with Gasteiger partial charge < -0.3 is 4.57 Å². The van der Waals surface area contributed by atoms with E-state index in [0.717, 1.165) is 37.1 Å². The van der Waals surface area contributed by atoms with Gasteiger partial charge in [0.15, 0.2) is 11.6 Å². The molecule has 4 nitrogen and oxygen atoms in total. The highest BCUT2D eigenvalue weighted by Crippen LogP contribution is 2.24. The zero-order valence-corrected chi connectivity index (χ0v) is 14.6. The number of likely N-dealkylation sites (tertiary alicyclic amines) is 1. The molecule has 1 fully saturated rings. The summed E-state index contributed by atoms with van der Waals surface area (Å²) in [5.41, 5.74) is 3.30. The van der Waals surface area contributed by atoms with Crippen molar-refractivity contribution < 1.29 is 4.79 Å². The minimum Gasteiger partial charge on any atom is -0.320 e. The van der Waals surface area contributed by atoms with Crippen LogP contribution in [0.2, 0.25) is 0 Å². The van der Waals surface area contributed by atoms with E-state index in [1.807, 2.05) is 18.2 Å². The molecule has 0 amide bonds. The SMILES string of the molecule is CC(=O)c1nc2ccccc2n1CC1CCCN1Cc1ccccc1. The van der Waals surface area contributed by atoms with Crippen LogP contribution in [0.25, 0.3) is 11.0 Å². The summed E-state index contributed by atoms with van der Waals surface area (Å²) < 4.78 is 2.12. The number of rotatable bonds is 5. The number of hydrogen-bond donors (Lipinski definition) is 0. The number of imidazole rings is 1. The zero-order chi connectivity index (χ0) is 17.2. The molecule has 1 aliphatic rings. The van der Waals surface area contributed by atoms with E-state index in [9.17, 15) is 4.79 Å². The summed E-state index contributed by atoms with van der Waals surface area (Å²) in [7, 11) is 0. The van der Waals surface area contributed by atoms with E-state index in [-0.39, 0.29) is 5.78 Å². The Morgan fingerprint density at radius 3 is 2.68 bits per heavy atom. The first-order valence-electron chi connectivity index (χ1n) is 8.96. The number of aromatic nitrogens is 2. The Morgan fingerprint density at radius 1 is 1.12 bits per heavy atom. The summed E-state index contributed by atoms with van der Waals surface area (Å²) in [6, 6.07) is 19.1. The normalized spacial score (nSPS) is 18.0. The summed E-state index contributed by atoms with van der Waals surface area (Å²) in [5.74, 6) is 0.608. The zero-order valence-electron chi connectivity index (χ0n) is 14.6. The lowest BCUT2D eigenvalue weighted by molar-refractivity contribution is 0.0997. The predicted molar refractivity (Wildman–Crippen MR) is 99.6 cm³/mol. The fourth-order valence-electron chi connectivity index (χ4n) is 3.87. The molecule has 2 aromatic carbocycles. The van der Waals surface area contributed by atoms with Gasteiger partial charge in [-0.2, -0.15) is 0 Å². The number of hydrogen-bond acceptors (Lipinski definition) is 3. The molecule has 1 aliphatic heterocycles. The van der Waals surface area contributed by atoms with Crippen molar-refractivity contribution in [3.8, 4) is 0 Å². The maximum atomic E-state index is 12.1. The second-order valence-electron chi connectivity index (χ2n) is 6.84. The number of ketones is 1. The van der Waals surface area contributed by atoms with Gasteiger partial charge in [0, 0.05) is 26.1 Å². The summed E-state index contributed by atoms with van der Waals surface area (Å²) in [4.78, 5) is 19.2. The van der Waals surface area contributed by atoms with Crippen molar-refractivity contribution in [3.05, 3.63) is 66.0 Å². The number of carbonyl (C=O) groups is 1. The van der Waals surface area contributed by atoms with Gasteiger partial charge in [-0.15, -0.1) is 0 Å². The average Bonchev–Trinajstić information content (AvgIpc) is 3.21. The van der Waals surface area contributed by atoms with Crippen LogP contribution < -0.4 is 0 Å². The maximum Gasteiger partial charge on any atom is 0.195 e. The quantitative estimate of drug-likeness (QED) is 0.665. The fraction of sp³-hybridized carbons (Fsp3) is 0.333. The lowest BCUT2D eigenvalue weighted by Crippen LogP contribution is -2.33. The highest BCUT2D eigenvalue weighted by Gasteiger charge is 2.27. The summed E-state index contributed by atoms with van der Waals surface area (Å²) in [6.07, 6.45) is 2.37. The van der Waals surface area contributed by atoms with Crippen molar-refractivity contribution in [2.24, 2.45) is 0 Å². The number of carbonyl (C=O) groups excluding carboxylic acids is 1. The van der Waals surface area contributed by atoms with Crippen LogP contribution in [0.4, 0.5) is 0 Å². The van der Waals surface area contributed by atoms with Crippen molar-refractivity contribution >= 4 is 16.8 Å². The van der Waals surface area contributed by atoms with Gasteiger partial charge in [0.25, 0.3) is 0 Å². The Morgan fingerprint density at radius 2 is 1.88 bits per heavy atom. The molecule has 0 saturated carbocycles. The van der Waals surface area contributed by atoms with Crippen molar-refractivity contribution in [1.82, 2.24) is 14.5 Å². The van der Waals surface area contributed by atoms with Gasteiger partial charge in [0.1, 0.15) is 0 Å². The molecular formula is C21H23N3O. The third-order valence-corrected chi connectivity index (χ3v) is 5.09. The third-order valence-electron chi connectivity index (χ3n) is 5.09. The third kappa shape index (κ3) is 3.22. The standard InChI is InChI=1S/C21H23N3O/c1-16(25)21-22-19-11-5-6-12-20(19)24(21)15-18-10-7-13-23(18)14-17-8-3-2-4-9-17/h2-6,8-9,11-12,18H,7,10,13-15H2,1H3. The predicted octanol–water partition coefficient (Wildman–Crippen LogP) is 3.90. The molecule has 25 heavy (non-hydrogen) atoms. The van der Waals surface area contributed by atoms with Crippen LogP contribution in [0, 0.1) is 0 Å². The molecule has 4 rings (SSSR count). The molecule has 3 aromatic rings. The van der Waals surface area contributed by atoms with Crippen molar-refractivity contribution in [3.63, 3.8) is 0 Å². The Bertz CT molecular complexity index is 885. The lowest BCUT2D eigenvalue weighted by Gasteiger charge is -2.25. The number of para-hydroxylation sites is 2. The maximum absolute atomic E-state index is 12.1. The first-order valence-corrected chi connectivity index (χ1v) is 8.96. The molecular weight excluding hydrogens is 310 g/mol. The second-order valence-corrected chi connectivity index (χ2v) is 6.84. The molecule has 0 radical (unpaired) electrons. The van der Waals surface area contributed by atoms with Gasteiger partial charge in [-0.25, -0.2) is 4.98 Å². The molecule has 0 aliphatic carbocycles. The Balaban J connectivity index is 1.61. The van der Waals surface area contributed by atoms with Gasteiger partial charge in [-0.3, -0.25) is 9.69 Å². The van der Waals surface area contributed by atoms with Crippen LogP contribution >= 0.6 is 0 Å². The number of Topliss-reactive ketones (excluding diaryl/α,β-unsaturated/α-hetero) is 1. The minimum atomic E-state index is 0.0313. The molecule has 1 atom stereocenters. The van der Waals surface area contributed by atoms with E-state index in [2.05, 4.69) is 50.8 Å². The number of fused-ring (bicyclic) bond motifs is 1. The number of benzene rings is 2. The molecule has 1 saturated heterocycles. The summed E-state index contributed by atoms with van der Waals surface area (Å²) in [5, 5.41) is 0. The Labute approximate surface area is 148 Å². The van der Waals surface area contributed by atoms with E-state index in [1.165, 1.54) is 12.0 Å². The van der Waals surface area contributed by atoms with E-state index < -0.39 is 0 Å². The van der Waals surface area contributed by atoms with Crippen molar-refractivity contribution in [2.45, 2.75) is 38.9 Å². The second kappa shape index (κ2) is 6.81. The van der Waals surface area contributed by atoms with Crippen LogP contribution in [0.5, 0.6) is 0 Å². The van der Waals surface area contributed by atoms with Crippen LogP contribution in [-0.2, 0) is 13.1 Å². The first-order chi connectivity index (χ1) is 12.2. The number of nitrogens with zero attached hydrogens (tertiary/aromatic N) is 3. The largest absolute Gasteiger partial charge is 0.320 e. The fourth-order valence-corrected chi connectivity index (χ4v) is 3.87. The van der Waals surface area contributed by atoms with Crippen LogP contribution in [0.1, 0.15) is 35.9 Å². The molecule has 1 unspecified atom stereocenters. The monoisotopic (exact) mass is 333 g/mol. The summed E-state index contributed by atoms with van der Waals surface area (Å²) >= 11 is 0. The molecule has 0 N–H and O–H groups in total. The van der Waals surface area contributed by atoms with Crippen LogP contribution in [-0.4, -0.2) is 32.8 Å². The van der Waals surface area contributed by atoms with Gasteiger partial charge in [-0.05, 0) is 37.1 Å². The summed E-state index contributed by atoms with van der Waals surface area (Å²) in [6.45, 7) is 4.51. The van der Waals surface area contributed by atoms with Crippen LogP contribution in [0.3, 0.4) is 0 Å². The van der Waals surface area contributed by atoms with E-state index in [0.29, 0.717) is 11.9 Å². The highest BCUT2D eigenvalue weighted by molar-refractivity contribution is 5.94. The highest BCUT2D eigenvalue weighted by atomic mass is 16.1. The van der Waals surface area contributed by atoms with Gasteiger partial charge in [0.05, 0.1) is 11.0 Å². The van der Waals surface area contributed by atoms with Gasteiger partial charge in [-0.1, -0.05) is 42.5 Å². The molecule has 128 valence electrons. The molecule has 4 heteroatoms. The Kier molecular flexibility index (Phi) is 4.36. The smallest absolute Gasteiger partial charge is 0.195 e. The average molecular weight is 333 g/mol. The lowest BCUT2D eigenvalue weighted by atomic mass is 10.1. The van der Waals surface area contributed by atoms with Gasteiger partial charge in [0.2, 0.25) is 0 Å². The molecule has 0 bridgehead atoms. The Hall–Kier alpha value is -2.46.